The molecule has 0 aliphatic carbocycles. The van der Waals surface area contributed by atoms with Crippen LogP contribution in [0.15, 0.2) is 40.9 Å². The van der Waals surface area contributed by atoms with Crippen molar-refractivity contribution in [2.45, 2.75) is 6.92 Å². The van der Waals surface area contributed by atoms with Gasteiger partial charge in [-0.05, 0) is 48.9 Å². The highest BCUT2D eigenvalue weighted by Gasteiger charge is 2.09. The van der Waals surface area contributed by atoms with Gasteiger partial charge in [0.05, 0.1) is 0 Å². The Morgan fingerprint density at radius 1 is 1.21 bits per heavy atom. The van der Waals surface area contributed by atoms with Gasteiger partial charge in [0.15, 0.2) is 0 Å². The summed E-state index contributed by atoms with van der Waals surface area (Å²) in [6.45, 7) is 1.92. The lowest BCUT2D eigenvalue weighted by Crippen LogP contribution is -2.12. The second kappa shape index (κ2) is 5.40. The first kappa shape index (κ1) is 13.5. The second-order valence-corrected chi connectivity index (χ2v) is 5.16. The fourth-order valence-electron chi connectivity index (χ4n) is 1.76. The molecule has 0 radical (unpaired) electrons. The van der Waals surface area contributed by atoms with E-state index in [0.717, 1.165) is 16.1 Å². The minimum Gasteiger partial charge on any atom is -0.399 e. The van der Waals surface area contributed by atoms with Gasteiger partial charge in [0.2, 0.25) is 0 Å². The number of nitrogens with two attached hydrogens (primary N) is 1. The number of halogens is 2. The molecule has 3 nitrogen and oxygen atoms in total. The van der Waals surface area contributed by atoms with E-state index in [2.05, 4.69) is 21.2 Å². The molecule has 0 fully saturated rings. The molecule has 0 aliphatic rings. The zero-order valence-corrected chi connectivity index (χ0v) is 11.8. The minimum absolute atomic E-state index is 0.190. The maximum absolute atomic E-state index is 13.2. The third kappa shape index (κ3) is 3.54. The van der Waals surface area contributed by atoms with Crippen molar-refractivity contribution in [1.82, 2.24) is 0 Å². The van der Waals surface area contributed by atoms with Crippen molar-refractivity contribution in [2.75, 3.05) is 11.1 Å². The standard InChI is InChI=1S/C14H12BrFN2O/c1-8-2-10(15)6-13(3-8)18-14(19)9-4-11(16)7-12(17)5-9/h2-7H,17H2,1H3,(H,18,19). The van der Waals surface area contributed by atoms with Crippen LogP contribution in [-0.4, -0.2) is 5.91 Å². The molecule has 1 amide bonds. The number of amides is 1. The van der Waals surface area contributed by atoms with E-state index < -0.39 is 11.7 Å². The molecule has 2 aromatic rings. The first-order chi connectivity index (χ1) is 8.94. The van der Waals surface area contributed by atoms with E-state index in [1.807, 2.05) is 19.1 Å². The number of nitrogen functional groups attached to an aromatic ring is 1. The lowest BCUT2D eigenvalue weighted by Gasteiger charge is -2.08. The summed E-state index contributed by atoms with van der Waals surface area (Å²) in [4.78, 5) is 12.0. The van der Waals surface area contributed by atoms with E-state index >= 15 is 0 Å². The first-order valence-corrected chi connectivity index (χ1v) is 6.38. The van der Waals surface area contributed by atoms with Crippen molar-refractivity contribution in [1.29, 1.82) is 0 Å². The summed E-state index contributed by atoms with van der Waals surface area (Å²) in [7, 11) is 0. The quantitative estimate of drug-likeness (QED) is 0.828. The number of rotatable bonds is 2. The Balaban J connectivity index is 2.25. The lowest BCUT2D eigenvalue weighted by molar-refractivity contribution is 0.102. The van der Waals surface area contributed by atoms with Gasteiger partial charge in [0.1, 0.15) is 5.82 Å². The van der Waals surface area contributed by atoms with Crippen molar-refractivity contribution < 1.29 is 9.18 Å². The average molecular weight is 323 g/mol. The van der Waals surface area contributed by atoms with E-state index in [0.29, 0.717) is 5.69 Å². The Bertz CT molecular complexity index is 603. The number of anilines is 2. The molecule has 0 saturated heterocycles. The van der Waals surface area contributed by atoms with Crippen LogP contribution >= 0.6 is 15.9 Å². The molecule has 3 N–H and O–H groups in total. The van der Waals surface area contributed by atoms with E-state index in [1.54, 1.807) is 6.07 Å². The van der Waals surface area contributed by atoms with Crippen LogP contribution in [0.1, 0.15) is 15.9 Å². The molecule has 2 rings (SSSR count). The molecule has 0 heterocycles. The van der Waals surface area contributed by atoms with Crippen LogP contribution < -0.4 is 11.1 Å². The van der Waals surface area contributed by atoms with Crippen LogP contribution in [0.3, 0.4) is 0 Å². The minimum atomic E-state index is -0.532. The van der Waals surface area contributed by atoms with E-state index in [4.69, 9.17) is 5.73 Å². The Morgan fingerprint density at radius 3 is 2.58 bits per heavy atom. The van der Waals surface area contributed by atoms with Gasteiger partial charge in [-0.3, -0.25) is 4.79 Å². The van der Waals surface area contributed by atoms with Crippen LogP contribution in [0.25, 0.3) is 0 Å². The smallest absolute Gasteiger partial charge is 0.255 e. The highest BCUT2D eigenvalue weighted by Crippen LogP contribution is 2.20. The molecule has 0 unspecified atom stereocenters. The fraction of sp³-hybridized carbons (Fsp3) is 0.0714. The summed E-state index contributed by atoms with van der Waals surface area (Å²) in [5, 5.41) is 2.70. The Labute approximate surface area is 118 Å². The molecule has 0 bridgehead atoms. The predicted octanol–water partition coefficient (Wildman–Crippen LogP) is 3.73. The van der Waals surface area contributed by atoms with Crippen molar-refractivity contribution in [2.24, 2.45) is 0 Å². The van der Waals surface area contributed by atoms with Crippen LogP contribution in [0.4, 0.5) is 15.8 Å². The maximum atomic E-state index is 13.2. The fourth-order valence-corrected chi connectivity index (χ4v) is 2.36. The van der Waals surface area contributed by atoms with Crippen LogP contribution in [0.5, 0.6) is 0 Å². The van der Waals surface area contributed by atoms with Gasteiger partial charge in [0, 0.05) is 21.4 Å². The van der Waals surface area contributed by atoms with Gasteiger partial charge in [-0.1, -0.05) is 15.9 Å². The highest BCUT2D eigenvalue weighted by molar-refractivity contribution is 9.10. The normalized spacial score (nSPS) is 10.3. The van der Waals surface area contributed by atoms with Gasteiger partial charge in [0.25, 0.3) is 5.91 Å². The third-order valence-corrected chi connectivity index (χ3v) is 2.94. The van der Waals surface area contributed by atoms with Gasteiger partial charge in [-0.25, -0.2) is 4.39 Å². The maximum Gasteiger partial charge on any atom is 0.255 e. The van der Waals surface area contributed by atoms with Crippen LogP contribution in [0, 0.1) is 12.7 Å². The SMILES string of the molecule is Cc1cc(Br)cc(NC(=O)c2cc(N)cc(F)c2)c1. The molecule has 2 aromatic carbocycles. The first-order valence-electron chi connectivity index (χ1n) is 5.58. The van der Waals surface area contributed by atoms with E-state index in [1.165, 1.54) is 12.1 Å². The molecule has 0 aliphatic heterocycles. The van der Waals surface area contributed by atoms with E-state index in [9.17, 15) is 9.18 Å². The number of nitrogens with one attached hydrogen (secondary N) is 1. The summed E-state index contributed by atoms with van der Waals surface area (Å²) in [6.07, 6.45) is 0. The summed E-state index contributed by atoms with van der Waals surface area (Å²) < 4.78 is 14.1. The summed E-state index contributed by atoms with van der Waals surface area (Å²) in [5.41, 5.74) is 7.56. The topological polar surface area (TPSA) is 55.1 Å². The lowest BCUT2D eigenvalue weighted by atomic mass is 10.1. The number of carbonyl (C=O) groups excluding carboxylic acids is 1. The molecule has 98 valence electrons. The summed E-state index contributed by atoms with van der Waals surface area (Å²) in [6, 6.07) is 9.27. The average Bonchev–Trinajstić information content (AvgIpc) is 2.25. The molecular formula is C14H12BrFN2O. The Hall–Kier alpha value is -1.88. The van der Waals surface area contributed by atoms with Crippen molar-refractivity contribution >= 4 is 33.2 Å². The monoisotopic (exact) mass is 322 g/mol. The van der Waals surface area contributed by atoms with Gasteiger partial charge in [-0.15, -0.1) is 0 Å². The van der Waals surface area contributed by atoms with Crippen LogP contribution in [-0.2, 0) is 0 Å². The highest BCUT2D eigenvalue weighted by atomic mass is 79.9. The summed E-state index contributed by atoms with van der Waals surface area (Å²) in [5.74, 6) is -0.931. The predicted molar refractivity (Wildman–Crippen MR) is 77.6 cm³/mol. The Kier molecular flexibility index (Phi) is 3.85. The van der Waals surface area contributed by atoms with Gasteiger partial charge < -0.3 is 11.1 Å². The molecular weight excluding hydrogens is 311 g/mol. The van der Waals surface area contributed by atoms with Gasteiger partial charge in [-0.2, -0.15) is 0 Å². The largest absolute Gasteiger partial charge is 0.399 e. The zero-order valence-electron chi connectivity index (χ0n) is 10.2. The van der Waals surface area contributed by atoms with Crippen molar-refractivity contribution in [3.63, 3.8) is 0 Å². The van der Waals surface area contributed by atoms with Crippen LogP contribution in [0.2, 0.25) is 0 Å². The number of aryl methyl sites for hydroxylation is 1. The van der Waals surface area contributed by atoms with Crippen molar-refractivity contribution in [3.8, 4) is 0 Å². The van der Waals surface area contributed by atoms with E-state index in [-0.39, 0.29) is 11.3 Å². The zero-order chi connectivity index (χ0) is 14.0. The molecule has 0 atom stereocenters. The third-order valence-electron chi connectivity index (χ3n) is 2.48. The molecule has 19 heavy (non-hydrogen) atoms. The molecule has 0 spiro atoms. The number of hydrogen-bond donors (Lipinski definition) is 2. The molecule has 0 saturated carbocycles. The number of benzene rings is 2. The number of hydrogen-bond acceptors (Lipinski definition) is 2. The van der Waals surface area contributed by atoms with Crippen molar-refractivity contribution in [3.05, 3.63) is 57.8 Å². The summed E-state index contributed by atoms with van der Waals surface area (Å²) >= 11 is 3.35. The molecule has 5 heteroatoms. The van der Waals surface area contributed by atoms with Gasteiger partial charge >= 0.3 is 0 Å². The molecule has 0 aromatic heterocycles. The number of carbonyl (C=O) groups is 1. The Morgan fingerprint density at radius 2 is 1.95 bits per heavy atom. The second-order valence-electron chi connectivity index (χ2n) is 4.24.